The highest BCUT2D eigenvalue weighted by atomic mass is 35.5. The van der Waals surface area contributed by atoms with E-state index in [1.54, 1.807) is 6.07 Å². The summed E-state index contributed by atoms with van der Waals surface area (Å²) in [6, 6.07) is 5.43. The Morgan fingerprint density at radius 3 is 2.90 bits per heavy atom. The van der Waals surface area contributed by atoms with Crippen LogP contribution in [0.5, 0.6) is 0 Å². The third-order valence-corrected chi connectivity index (χ3v) is 3.99. The molecule has 0 spiro atoms. The summed E-state index contributed by atoms with van der Waals surface area (Å²) in [4.78, 5) is 16.7. The average Bonchev–Trinajstić information content (AvgIpc) is 2.75. The molecule has 0 aliphatic heterocycles. The molecule has 2 aromatic rings. The molecule has 0 saturated heterocycles. The van der Waals surface area contributed by atoms with Gasteiger partial charge in [-0.2, -0.15) is 0 Å². The smallest absolute Gasteiger partial charge is 0.269 e. The van der Waals surface area contributed by atoms with Crippen molar-refractivity contribution >= 4 is 45.5 Å². The van der Waals surface area contributed by atoms with Gasteiger partial charge in [0.25, 0.3) is 5.91 Å². The first-order valence-electron chi connectivity index (χ1n) is 6.09. The average molecular weight is 311 g/mol. The molecular weight excluding hydrogens is 296 g/mol. The van der Waals surface area contributed by atoms with Crippen molar-refractivity contribution in [2.75, 3.05) is 22.9 Å². The molecule has 20 heavy (non-hydrogen) atoms. The normalized spacial score (nSPS) is 10.3. The lowest BCUT2D eigenvalue weighted by Crippen LogP contribution is -2.13. The lowest BCUT2D eigenvalue weighted by molar-refractivity contribution is 0.103. The maximum atomic E-state index is 12.2. The number of nitrogens with one attached hydrogen (secondary N) is 2. The van der Waals surface area contributed by atoms with E-state index in [1.807, 2.05) is 26.0 Å². The van der Waals surface area contributed by atoms with Crippen LogP contribution >= 0.6 is 22.9 Å². The van der Waals surface area contributed by atoms with Crippen LogP contribution in [0, 0.1) is 6.92 Å². The predicted octanol–water partition coefficient (Wildman–Crippen LogP) is 3.37. The Balaban J connectivity index is 2.24. The fourth-order valence-electron chi connectivity index (χ4n) is 1.68. The monoisotopic (exact) mass is 310 g/mol. The molecule has 106 valence electrons. The lowest BCUT2D eigenvalue weighted by Gasteiger charge is -2.09. The van der Waals surface area contributed by atoms with Crippen molar-refractivity contribution in [1.82, 2.24) is 4.98 Å². The molecule has 0 atom stereocenters. The predicted molar refractivity (Wildman–Crippen MR) is 84.8 cm³/mol. The van der Waals surface area contributed by atoms with Gasteiger partial charge < -0.3 is 16.4 Å². The molecule has 0 aliphatic carbocycles. The number of nitrogens with zero attached hydrogens (tertiary/aromatic N) is 1. The molecular formula is C13H15ClN4OS. The minimum atomic E-state index is -0.305. The number of hydrogen-bond acceptors (Lipinski definition) is 5. The number of thiazole rings is 1. The number of nitrogens with two attached hydrogens (primary N) is 1. The van der Waals surface area contributed by atoms with Gasteiger partial charge in [-0.15, -0.1) is 0 Å². The van der Waals surface area contributed by atoms with Gasteiger partial charge in [0.05, 0.1) is 10.7 Å². The van der Waals surface area contributed by atoms with Gasteiger partial charge in [-0.05, 0) is 25.5 Å². The number of amides is 1. The van der Waals surface area contributed by atoms with Gasteiger partial charge in [-0.25, -0.2) is 4.98 Å². The van der Waals surface area contributed by atoms with Crippen molar-refractivity contribution in [2.24, 2.45) is 0 Å². The van der Waals surface area contributed by atoms with Gasteiger partial charge >= 0.3 is 0 Å². The first-order chi connectivity index (χ1) is 9.52. The second kappa shape index (κ2) is 6.11. The summed E-state index contributed by atoms with van der Waals surface area (Å²) in [7, 11) is 0. The van der Waals surface area contributed by atoms with E-state index in [0.29, 0.717) is 20.7 Å². The maximum absolute atomic E-state index is 12.2. The zero-order valence-corrected chi connectivity index (χ0v) is 12.7. The second-order valence-electron chi connectivity index (χ2n) is 4.15. The topological polar surface area (TPSA) is 80.0 Å². The minimum absolute atomic E-state index is 0.216. The number of hydrogen-bond donors (Lipinski definition) is 3. The van der Waals surface area contributed by atoms with Crippen LogP contribution < -0.4 is 16.4 Å². The summed E-state index contributed by atoms with van der Waals surface area (Å²) in [5.41, 5.74) is 7.25. The molecule has 0 aliphatic rings. The van der Waals surface area contributed by atoms with Crippen LogP contribution in [0.25, 0.3) is 0 Å². The quantitative estimate of drug-likeness (QED) is 0.809. The van der Waals surface area contributed by atoms with Crippen LogP contribution in [0.3, 0.4) is 0 Å². The number of benzene rings is 1. The van der Waals surface area contributed by atoms with Crippen molar-refractivity contribution in [2.45, 2.75) is 13.8 Å². The van der Waals surface area contributed by atoms with Gasteiger partial charge in [0, 0.05) is 6.54 Å². The summed E-state index contributed by atoms with van der Waals surface area (Å²) in [5.74, 6) is -0.0893. The Kier molecular flexibility index (Phi) is 4.46. The van der Waals surface area contributed by atoms with E-state index in [1.165, 1.54) is 11.3 Å². The van der Waals surface area contributed by atoms with Crippen molar-refractivity contribution in [3.63, 3.8) is 0 Å². The van der Waals surface area contributed by atoms with Gasteiger partial charge in [0.1, 0.15) is 10.7 Å². The van der Waals surface area contributed by atoms with Crippen LogP contribution in [0.1, 0.15) is 22.2 Å². The van der Waals surface area contributed by atoms with Crippen molar-refractivity contribution in [3.05, 3.63) is 33.7 Å². The number of carbonyl (C=O) groups excluding carboxylic acids is 1. The van der Waals surface area contributed by atoms with Crippen LogP contribution in [0.4, 0.5) is 16.6 Å². The molecule has 2 rings (SSSR count). The minimum Gasteiger partial charge on any atom is -0.382 e. The number of anilines is 3. The fraction of sp³-hybridized carbons (Fsp3) is 0.231. The van der Waals surface area contributed by atoms with E-state index in [9.17, 15) is 4.79 Å². The van der Waals surface area contributed by atoms with E-state index >= 15 is 0 Å². The Hall–Kier alpha value is -1.79. The second-order valence-corrected chi connectivity index (χ2v) is 5.56. The van der Waals surface area contributed by atoms with Crippen LogP contribution in [0.15, 0.2) is 18.2 Å². The van der Waals surface area contributed by atoms with Gasteiger partial charge in [0.2, 0.25) is 0 Å². The van der Waals surface area contributed by atoms with Crippen molar-refractivity contribution in [3.8, 4) is 0 Å². The molecule has 0 saturated carbocycles. The summed E-state index contributed by atoms with van der Waals surface area (Å²) < 4.78 is 0. The van der Waals surface area contributed by atoms with Crippen LogP contribution in [0.2, 0.25) is 5.02 Å². The highest BCUT2D eigenvalue weighted by molar-refractivity contribution is 7.18. The Morgan fingerprint density at radius 2 is 2.25 bits per heavy atom. The summed E-state index contributed by atoms with van der Waals surface area (Å²) in [6.07, 6.45) is 0. The SMILES string of the molecule is CCNc1nc(N)c(C(=O)Nc2c(C)cccc2Cl)s1. The van der Waals surface area contributed by atoms with Gasteiger partial charge in [-0.3, -0.25) is 4.79 Å². The molecule has 0 radical (unpaired) electrons. The lowest BCUT2D eigenvalue weighted by atomic mass is 10.2. The Bertz CT molecular complexity index is 621. The van der Waals surface area contributed by atoms with E-state index in [4.69, 9.17) is 17.3 Å². The molecule has 1 aromatic heterocycles. The Morgan fingerprint density at radius 1 is 1.50 bits per heavy atom. The molecule has 0 fully saturated rings. The third-order valence-electron chi connectivity index (χ3n) is 2.65. The molecule has 1 aromatic carbocycles. The number of aryl methyl sites for hydroxylation is 1. The van der Waals surface area contributed by atoms with E-state index in [0.717, 1.165) is 12.1 Å². The summed E-state index contributed by atoms with van der Waals surface area (Å²) >= 11 is 7.31. The highest BCUT2D eigenvalue weighted by Gasteiger charge is 2.17. The van der Waals surface area contributed by atoms with E-state index in [2.05, 4.69) is 15.6 Å². The molecule has 4 N–H and O–H groups in total. The van der Waals surface area contributed by atoms with Gasteiger partial charge in [-0.1, -0.05) is 35.1 Å². The van der Waals surface area contributed by atoms with Gasteiger partial charge in [0.15, 0.2) is 5.13 Å². The zero-order chi connectivity index (χ0) is 14.7. The zero-order valence-electron chi connectivity index (χ0n) is 11.2. The van der Waals surface area contributed by atoms with E-state index in [-0.39, 0.29) is 11.7 Å². The third kappa shape index (κ3) is 3.02. The standard InChI is InChI=1S/C13H15ClN4OS/c1-3-16-13-18-11(15)10(20-13)12(19)17-9-7(2)5-4-6-8(9)14/h4-6H,3,15H2,1-2H3,(H,16,18)(H,17,19). The first kappa shape index (κ1) is 14.6. The first-order valence-corrected chi connectivity index (χ1v) is 7.29. The molecule has 1 amide bonds. The number of halogens is 1. The van der Waals surface area contributed by atoms with Crippen LogP contribution in [-0.2, 0) is 0 Å². The largest absolute Gasteiger partial charge is 0.382 e. The van der Waals surface area contributed by atoms with E-state index < -0.39 is 0 Å². The molecule has 0 bridgehead atoms. The molecule has 0 unspecified atom stereocenters. The number of nitrogen functional groups attached to an aromatic ring is 1. The number of rotatable bonds is 4. The van der Waals surface area contributed by atoms with Crippen LogP contribution in [-0.4, -0.2) is 17.4 Å². The molecule has 1 heterocycles. The number of para-hydroxylation sites is 1. The summed E-state index contributed by atoms with van der Waals surface area (Å²) in [5, 5.41) is 6.94. The number of carbonyl (C=O) groups is 1. The molecule has 7 heteroatoms. The fourth-order valence-corrected chi connectivity index (χ4v) is 2.80. The molecule has 5 nitrogen and oxygen atoms in total. The summed E-state index contributed by atoms with van der Waals surface area (Å²) in [6.45, 7) is 4.55. The highest BCUT2D eigenvalue weighted by Crippen LogP contribution is 2.29. The van der Waals surface area contributed by atoms with Crippen molar-refractivity contribution in [1.29, 1.82) is 0 Å². The maximum Gasteiger partial charge on any atom is 0.269 e. The van der Waals surface area contributed by atoms with Crippen molar-refractivity contribution < 1.29 is 4.79 Å². The number of aromatic nitrogens is 1. The Labute approximate surface area is 126 Å².